The average molecular weight is 363 g/mol. The molecule has 4 aliphatic carbocycles. The number of carbonyl (C=O) groups is 1. The van der Waals surface area contributed by atoms with Gasteiger partial charge in [-0.1, -0.05) is 23.7 Å². The van der Waals surface area contributed by atoms with Crippen LogP contribution in [0, 0.1) is 23.7 Å². The molecule has 5 rings (SSSR count). The summed E-state index contributed by atoms with van der Waals surface area (Å²) in [7, 11) is 1.83. The number of carbonyl (C=O) groups excluding carboxylic acids is 1. The van der Waals surface area contributed by atoms with E-state index >= 15 is 0 Å². The topological polar surface area (TPSA) is 50.4 Å². The van der Waals surface area contributed by atoms with E-state index in [0.29, 0.717) is 29.9 Å². The van der Waals surface area contributed by atoms with Gasteiger partial charge in [-0.05, 0) is 73.5 Å². The predicted octanol–water partition coefficient (Wildman–Crippen LogP) is 3.98. The maximum absolute atomic E-state index is 12.3. The molecular formula is C20H27ClN2O2. The van der Waals surface area contributed by atoms with E-state index in [-0.39, 0.29) is 11.6 Å². The van der Waals surface area contributed by atoms with Crippen LogP contribution in [-0.2, 0) is 11.3 Å². The van der Waals surface area contributed by atoms with Gasteiger partial charge in [-0.2, -0.15) is 0 Å². The quantitative estimate of drug-likeness (QED) is 0.832. The highest BCUT2D eigenvalue weighted by atomic mass is 35.5. The van der Waals surface area contributed by atoms with Crippen molar-refractivity contribution in [3.63, 3.8) is 0 Å². The Balaban J connectivity index is 1.33. The van der Waals surface area contributed by atoms with Crippen LogP contribution in [0.3, 0.4) is 0 Å². The van der Waals surface area contributed by atoms with Crippen molar-refractivity contribution < 1.29 is 9.53 Å². The van der Waals surface area contributed by atoms with Crippen molar-refractivity contribution in [2.45, 2.75) is 44.2 Å². The molecular weight excluding hydrogens is 336 g/mol. The van der Waals surface area contributed by atoms with Crippen molar-refractivity contribution in [1.82, 2.24) is 10.6 Å². The lowest BCUT2D eigenvalue weighted by atomic mass is 9.49. The Morgan fingerprint density at radius 1 is 1.08 bits per heavy atom. The van der Waals surface area contributed by atoms with Crippen LogP contribution in [0.2, 0.25) is 5.02 Å². The summed E-state index contributed by atoms with van der Waals surface area (Å²) in [6.07, 6.45) is 6.51. The molecule has 0 unspecified atom stereocenters. The molecule has 1 aromatic rings. The van der Waals surface area contributed by atoms with Gasteiger partial charge in [0.25, 0.3) is 0 Å². The molecule has 1 aromatic carbocycles. The van der Waals surface area contributed by atoms with Crippen LogP contribution >= 0.6 is 11.6 Å². The number of amides is 2. The minimum Gasteiger partial charge on any atom is -0.376 e. The van der Waals surface area contributed by atoms with E-state index in [1.807, 2.05) is 31.4 Å². The van der Waals surface area contributed by atoms with E-state index in [2.05, 4.69) is 10.6 Å². The molecule has 0 aliphatic heterocycles. The predicted molar refractivity (Wildman–Crippen MR) is 98.5 cm³/mol. The zero-order valence-electron chi connectivity index (χ0n) is 14.8. The zero-order valence-corrected chi connectivity index (χ0v) is 15.5. The molecule has 25 heavy (non-hydrogen) atoms. The number of hydrogen-bond donors (Lipinski definition) is 2. The highest BCUT2D eigenvalue weighted by Crippen LogP contribution is 2.59. The monoisotopic (exact) mass is 362 g/mol. The van der Waals surface area contributed by atoms with E-state index in [9.17, 15) is 4.79 Å². The van der Waals surface area contributed by atoms with E-state index in [1.54, 1.807) is 0 Å². The normalized spacial score (nSPS) is 35.6. The summed E-state index contributed by atoms with van der Waals surface area (Å²) in [4.78, 5) is 12.3. The molecule has 0 saturated heterocycles. The molecule has 4 aliphatic rings. The van der Waals surface area contributed by atoms with Crippen LogP contribution in [0.5, 0.6) is 0 Å². The number of nitrogens with one attached hydrogen (secondary N) is 2. The van der Waals surface area contributed by atoms with Gasteiger partial charge in [0, 0.05) is 25.2 Å². The molecule has 4 bridgehead atoms. The van der Waals surface area contributed by atoms with Crippen molar-refractivity contribution in [2.24, 2.45) is 23.7 Å². The Bertz CT molecular complexity index is 603. The average Bonchev–Trinajstić information content (AvgIpc) is 2.61. The fourth-order valence-electron chi connectivity index (χ4n) is 5.74. The maximum atomic E-state index is 12.3. The number of hydrogen-bond acceptors (Lipinski definition) is 2. The Hall–Kier alpha value is -1.26. The molecule has 136 valence electrons. The summed E-state index contributed by atoms with van der Waals surface area (Å²) >= 11 is 5.89. The van der Waals surface area contributed by atoms with Gasteiger partial charge in [0.2, 0.25) is 0 Å². The fourth-order valence-corrected chi connectivity index (χ4v) is 5.87. The molecule has 2 N–H and O–H groups in total. The van der Waals surface area contributed by atoms with Crippen molar-refractivity contribution in [3.05, 3.63) is 34.9 Å². The second-order valence-corrected chi connectivity index (χ2v) is 8.56. The summed E-state index contributed by atoms with van der Waals surface area (Å²) in [5, 5.41) is 6.72. The van der Waals surface area contributed by atoms with Gasteiger partial charge >= 0.3 is 6.03 Å². The lowest BCUT2D eigenvalue weighted by molar-refractivity contribution is -0.186. The van der Waals surface area contributed by atoms with Crippen molar-refractivity contribution in [2.75, 3.05) is 13.7 Å². The van der Waals surface area contributed by atoms with E-state index in [1.165, 1.54) is 32.1 Å². The Labute approximate surface area is 154 Å². The van der Waals surface area contributed by atoms with Crippen LogP contribution in [-0.4, -0.2) is 25.3 Å². The van der Waals surface area contributed by atoms with Gasteiger partial charge in [-0.25, -0.2) is 4.79 Å². The summed E-state index contributed by atoms with van der Waals surface area (Å²) in [5.74, 6) is 2.99. The SMILES string of the molecule is COC1(CNC(=O)NCc2ccc(Cl)cc2)C2CC3CC(C2)CC1C3. The Morgan fingerprint density at radius 2 is 1.68 bits per heavy atom. The standard InChI is InChI=1S/C20H27ClN2O2/c1-25-20(16-7-14-6-15(9-16)10-17(20)8-14)12-23-19(24)22-11-13-2-4-18(21)5-3-13/h2-5,14-17H,6-12H2,1H3,(H2,22,23,24). The number of urea groups is 1. The first kappa shape index (κ1) is 17.2. The zero-order chi connectivity index (χ0) is 17.4. The largest absolute Gasteiger partial charge is 0.376 e. The minimum atomic E-state index is -0.162. The van der Waals surface area contributed by atoms with Crippen molar-refractivity contribution in [3.8, 4) is 0 Å². The van der Waals surface area contributed by atoms with Crippen LogP contribution < -0.4 is 10.6 Å². The Morgan fingerprint density at radius 3 is 2.24 bits per heavy atom. The molecule has 2 amide bonds. The van der Waals surface area contributed by atoms with Crippen molar-refractivity contribution in [1.29, 1.82) is 0 Å². The number of ether oxygens (including phenoxy) is 1. The smallest absolute Gasteiger partial charge is 0.315 e. The van der Waals surface area contributed by atoms with Crippen molar-refractivity contribution >= 4 is 17.6 Å². The summed E-state index contributed by atoms with van der Waals surface area (Å²) in [6, 6.07) is 7.41. The van der Waals surface area contributed by atoms with Crippen LogP contribution in [0.1, 0.15) is 37.7 Å². The van der Waals surface area contributed by atoms with Gasteiger partial charge in [-0.15, -0.1) is 0 Å². The number of halogens is 1. The lowest BCUT2D eigenvalue weighted by Crippen LogP contribution is -2.63. The molecule has 0 aromatic heterocycles. The first-order chi connectivity index (χ1) is 12.1. The van der Waals surface area contributed by atoms with Gasteiger partial charge < -0.3 is 15.4 Å². The van der Waals surface area contributed by atoms with Gasteiger partial charge in [-0.3, -0.25) is 0 Å². The van der Waals surface area contributed by atoms with E-state index in [4.69, 9.17) is 16.3 Å². The molecule has 0 heterocycles. The molecule has 0 radical (unpaired) electrons. The number of benzene rings is 1. The Kier molecular flexibility index (Phi) is 4.67. The third kappa shape index (κ3) is 3.26. The molecule has 4 saturated carbocycles. The van der Waals surface area contributed by atoms with Crippen LogP contribution in [0.25, 0.3) is 0 Å². The molecule has 5 heteroatoms. The summed E-state index contributed by atoms with van der Waals surface area (Å²) in [5.41, 5.74) is 0.876. The first-order valence-electron chi connectivity index (χ1n) is 9.40. The van der Waals surface area contributed by atoms with Crippen LogP contribution in [0.4, 0.5) is 4.79 Å². The van der Waals surface area contributed by atoms with Gasteiger partial charge in [0.05, 0.1) is 5.60 Å². The summed E-state index contributed by atoms with van der Waals surface area (Å²) < 4.78 is 6.08. The van der Waals surface area contributed by atoms with Gasteiger partial charge in [0.1, 0.15) is 0 Å². The van der Waals surface area contributed by atoms with Crippen LogP contribution in [0.15, 0.2) is 24.3 Å². The molecule has 4 nitrogen and oxygen atoms in total. The highest BCUT2D eigenvalue weighted by Gasteiger charge is 2.57. The third-order valence-corrected chi connectivity index (χ3v) is 7.04. The fraction of sp³-hybridized carbons (Fsp3) is 0.650. The second kappa shape index (κ2) is 6.81. The maximum Gasteiger partial charge on any atom is 0.315 e. The molecule has 0 atom stereocenters. The first-order valence-corrected chi connectivity index (χ1v) is 9.78. The third-order valence-electron chi connectivity index (χ3n) is 6.79. The van der Waals surface area contributed by atoms with E-state index in [0.717, 1.165) is 17.4 Å². The molecule has 0 spiro atoms. The number of rotatable bonds is 5. The van der Waals surface area contributed by atoms with Gasteiger partial charge in [0.15, 0.2) is 0 Å². The second-order valence-electron chi connectivity index (χ2n) is 8.13. The highest BCUT2D eigenvalue weighted by molar-refractivity contribution is 6.30. The summed E-state index contributed by atoms with van der Waals surface area (Å²) in [6.45, 7) is 1.12. The minimum absolute atomic E-state index is 0.125. The lowest BCUT2D eigenvalue weighted by Gasteiger charge is -2.60. The molecule has 4 fully saturated rings. The number of methoxy groups -OCH3 is 1. The van der Waals surface area contributed by atoms with E-state index < -0.39 is 0 Å².